The van der Waals surface area contributed by atoms with Gasteiger partial charge < -0.3 is 29.2 Å². The number of anilines is 2. The zero-order valence-corrected chi connectivity index (χ0v) is 19.5. The van der Waals surface area contributed by atoms with Gasteiger partial charge in [0, 0.05) is 23.9 Å². The Labute approximate surface area is 201 Å². The highest BCUT2D eigenvalue weighted by Gasteiger charge is 2.16. The number of hydrogen-bond donors (Lipinski definition) is 2. The Morgan fingerprint density at radius 2 is 1.74 bits per heavy atom. The van der Waals surface area contributed by atoms with Crippen molar-refractivity contribution in [2.75, 3.05) is 26.6 Å². The fraction of sp³-hybridized carbons (Fsp3) is 0.160. The first-order valence-corrected chi connectivity index (χ1v) is 10.8. The minimum absolute atomic E-state index is 0.106. The quantitative estimate of drug-likeness (QED) is 0.351. The average molecular weight is 473 g/mol. The van der Waals surface area contributed by atoms with Gasteiger partial charge in [0.15, 0.2) is 23.1 Å². The van der Waals surface area contributed by atoms with E-state index in [0.29, 0.717) is 34.7 Å². The van der Waals surface area contributed by atoms with Crippen LogP contribution in [0, 0.1) is 0 Å². The molecule has 5 rings (SSSR count). The molecule has 0 spiro atoms. The predicted molar refractivity (Wildman–Crippen MR) is 131 cm³/mol. The molecular formula is C25H24N6O4. The molecule has 3 aromatic heterocycles. The van der Waals surface area contributed by atoms with Gasteiger partial charge >= 0.3 is 0 Å². The number of aliphatic hydroxyl groups excluding tert-OH is 1. The third-order valence-corrected chi connectivity index (χ3v) is 5.60. The number of hydrogen-bond acceptors (Lipinski definition) is 8. The van der Waals surface area contributed by atoms with Gasteiger partial charge in [-0.05, 0) is 17.7 Å². The van der Waals surface area contributed by atoms with Crippen molar-refractivity contribution in [1.82, 2.24) is 24.1 Å². The number of fused-ring (bicyclic) bond motifs is 1. The largest absolute Gasteiger partial charge is 0.493 e. The minimum atomic E-state index is -0.106. The highest BCUT2D eigenvalue weighted by molar-refractivity contribution is 5.74. The number of methoxy groups -OCH3 is 3. The molecule has 0 aliphatic rings. The lowest BCUT2D eigenvalue weighted by Crippen LogP contribution is -2.04. The van der Waals surface area contributed by atoms with Crippen molar-refractivity contribution in [2.24, 2.45) is 0 Å². The monoisotopic (exact) mass is 472 g/mol. The van der Waals surface area contributed by atoms with Crippen LogP contribution in [-0.2, 0) is 6.61 Å². The Kier molecular flexibility index (Phi) is 5.94. The van der Waals surface area contributed by atoms with Crippen molar-refractivity contribution in [1.29, 1.82) is 0 Å². The lowest BCUT2D eigenvalue weighted by molar-refractivity contribution is 0.282. The van der Waals surface area contributed by atoms with E-state index in [-0.39, 0.29) is 6.61 Å². The Hall–Kier alpha value is -4.57. The van der Waals surface area contributed by atoms with E-state index < -0.39 is 0 Å². The van der Waals surface area contributed by atoms with Gasteiger partial charge in [-0.2, -0.15) is 0 Å². The van der Waals surface area contributed by atoms with Crippen LogP contribution in [-0.4, -0.2) is 50.6 Å². The Balaban J connectivity index is 1.52. The maximum absolute atomic E-state index is 9.76. The SMILES string of the molecule is COc1cc(-n2cnc(Nc3nc(-c4ccccc4CO)nn4cccc34)c2)cc(OC)c1OC. The predicted octanol–water partition coefficient (Wildman–Crippen LogP) is 3.84. The summed E-state index contributed by atoms with van der Waals surface area (Å²) >= 11 is 0. The third-order valence-electron chi connectivity index (χ3n) is 5.60. The second kappa shape index (κ2) is 9.35. The summed E-state index contributed by atoms with van der Waals surface area (Å²) in [4.78, 5) is 9.24. The number of rotatable bonds is 8. The van der Waals surface area contributed by atoms with Gasteiger partial charge in [-0.25, -0.2) is 14.5 Å². The normalized spacial score (nSPS) is 11.0. The second-order valence-electron chi connectivity index (χ2n) is 7.61. The van der Waals surface area contributed by atoms with Gasteiger partial charge in [0.1, 0.15) is 17.7 Å². The summed E-state index contributed by atoms with van der Waals surface area (Å²) in [5, 5.41) is 17.7. The van der Waals surface area contributed by atoms with Crippen molar-refractivity contribution >= 4 is 17.2 Å². The molecule has 0 amide bonds. The van der Waals surface area contributed by atoms with Crippen molar-refractivity contribution in [3.05, 3.63) is 72.8 Å². The van der Waals surface area contributed by atoms with Crippen LogP contribution >= 0.6 is 0 Å². The van der Waals surface area contributed by atoms with Crippen LogP contribution in [0.2, 0.25) is 0 Å². The zero-order valence-electron chi connectivity index (χ0n) is 19.5. The van der Waals surface area contributed by atoms with E-state index >= 15 is 0 Å². The Morgan fingerprint density at radius 1 is 0.971 bits per heavy atom. The van der Waals surface area contributed by atoms with Gasteiger partial charge in [-0.15, -0.1) is 5.10 Å². The van der Waals surface area contributed by atoms with Crippen molar-refractivity contribution in [3.63, 3.8) is 0 Å². The van der Waals surface area contributed by atoms with Gasteiger partial charge in [-0.1, -0.05) is 24.3 Å². The molecule has 3 heterocycles. The number of nitrogens with one attached hydrogen (secondary N) is 1. The minimum Gasteiger partial charge on any atom is -0.493 e. The van der Waals surface area contributed by atoms with Crippen molar-refractivity contribution < 1.29 is 19.3 Å². The van der Waals surface area contributed by atoms with E-state index in [4.69, 9.17) is 19.2 Å². The topological polar surface area (TPSA) is 108 Å². The van der Waals surface area contributed by atoms with E-state index in [0.717, 1.165) is 22.3 Å². The highest BCUT2D eigenvalue weighted by atomic mass is 16.5. The molecule has 2 aromatic carbocycles. The standard InChI is InChI=1S/C25H24N6O4/c1-33-20-11-17(12-21(34-2)23(20)35-3)30-13-22(26-15-30)27-25-19-9-6-10-31(19)29-24(28-25)18-8-5-4-7-16(18)14-32/h4-13,15,32H,14H2,1-3H3,(H,27,28,29). The van der Waals surface area contributed by atoms with Crippen molar-refractivity contribution in [2.45, 2.75) is 6.61 Å². The Morgan fingerprint density at radius 3 is 2.46 bits per heavy atom. The fourth-order valence-electron chi connectivity index (χ4n) is 3.88. The molecule has 35 heavy (non-hydrogen) atoms. The summed E-state index contributed by atoms with van der Waals surface area (Å²) in [6, 6.07) is 15.0. The molecular weight excluding hydrogens is 448 g/mol. The number of aromatic nitrogens is 5. The molecule has 0 bridgehead atoms. The van der Waals surface area contributed by atoms with E-state index in [1.807, 2.05) is 65.5 Å². The molecule has 5 aromatic rings. The van der Waals surface area contributed by atoms with E-state index in [1.165, 1.54) is 0 Å². The van der Waals surface area contributed by atoms with Crippen LogP contribution in [0.25, 0.3) is 22.6 Å². The van der Waals surface area contributed by atoms with Crippen LogP contribution < -0.4 is 19.5 Å². The van der Waals surface area contributed by atoms with Gasteiger partial charge in [-0.3, -0.25) is 0 Å². The number of nitrogens with zero attached hydrogens (tertiary/aromatic N) is 5. The molecule has 0 fully saturated rings. The van der Waals surface area contributed by atoms with Crippen LogP contribution in [0.15, 0.2) is 67.3 Å². The third kappa shape index (κ3) is 4.11. The maximum atomic E-state index is 9.76. The number of aliphatic hydroxyl groups is 1. The van der Waals surface area contributed by atoms with E-state index in [1.54, 1.807) is 32.2 Å². The molecule has 0 aliphatic heterocycles. The molecule has 2 N–H and O–H groups in total. The first-order chi connectivity index (χ1) is 17.1. The smallest absolute Gasteiger partial charge is 0.203 e. The fourth-order valence-corrected chi connectivity index (χ4v) is 3.88. The number of imidazole rings is 1. The van der Waals surface area contributed by atoms with Crippen LogP contribution in [0.5, 0.6) is 17.2 Å². The van der Waals surface area contributed by atoms with Crippen LogP contribution in [0.1, 0.15) is 5.56 Å². The number of ether oxygens (including phenoxy) is 3. The van der Waals surface area contributed by atoms with E-state index in [2.05, 4.69) is 15.4 Å². The molecule has 0 unspecified atom stereocenters. The molecule has 10 nitrogen and oxygen atoms in total. The molecule has 0 atom stereocenters. The molecule has 0 radical (unpaired) electrons. The maximum Gasteiger partial charge on any atom is 0.203 e. The molecule has 178 valence electrons. The first kappa shape index (κ1) is 22.2. The summed E-state index contributed by atoms with van der Waals surface area (Å²) in [5.74, 6) is 3.27. The summed E-state index contributed by atoms with van der Waals surface area (Å²) in [6.45, 7) is -0.106. The number of benzene rings is 2. The van der Waals surface area contributed by atoms with E-state index in [9.17, 15) is 5.11 Å². The summed E-state index contributed by atoms with van der Waals surface area (Å²) in [7, 11) is 4.72. The van der Waals surface area contributed by atoms with Gasteiger partial charge in [0.05, 0.1) is 39.8 Å². The van der Waals surface area contributed by atoms with Crippen LogP contribution in [0.3, 0.4) is 0 Å². The summed E-state index contributed by atoms with van der Waals surface area (Å²) in [6.07, 6.45) is 5.37. The second-order valence-corrected chi connectivity index (χ2v) is 7.61. The molecule has 0 saturated carbocycles. The van der Waals surface area contributed by atoms with Gasteiger partial charge in [0.25, 0.3) is 0 Å². The highest BCUT2D eigenvalue weighted by Crippen LogP contribution is 2.39. The molecule has 10 heteroatoms. The molecule has 0 saturated heterocycles. The molecule has 0 aliphatic carbocycles. The Bertz CT molecular complexity index is 1470. The summed E-state index contributed by atoms with van der Waals surface area (Å²) in [5.41, 5.74) is 3.08. The summed E-state index contributed by atoms with van der Waals surface area (Å²) < 4.78 is 19.9. The van der Waals surface area contributed by atoms with Gasteiger partial charge in [0.2, 0.25) is 5.75 Å². The lowest BCUT2D eigenvalue weighted by atomic mass is 10.1. The van der Waals surface area contributed by atoms with Crippen molar-refractivity contribution in [3.8, 4) is 34.3 Å². The average Bonchev–Trinajstić information content (AvgIpc) is 3.57. The zero-order chi connectivity index (χ0) is 24.4. The van der Waals surface area contributed by atoms with Crippen LogP contribution in [0.4, 0.5) is 11.6 Å². The lowest BCUT2D eigenvalue weighted by Gasteiger charge is -2.14. The first-order valence-electron chi connectivity index (χ1n) is 10.8.